The van der Waals surface area contributed by atoms with Crippen LogP contribution < -0.4 is 5.32 Å². The number of benzene rings is 2. The fourth-order valence-corrected chi connectivity index (χ4v) is 6.49. The van der Waals surface area contributed by atoms with Crippen LogP contribution in [0.25, 0.3) is 5.69 Å². The van der Waals surface area contributed by atoms with Crippen LogP contribution in [0.15, 0.2) is 54.7 Å². The zero-order valence-electron chi connectivity index (χ0n) is 26.7. The highest BCUT2D eigenvalue weighted by Crippen LogP contribution is 2.30. The van der Waals surface area contributed by atoms with Crippen molar-refractivity contribution in [2.75, 3.05) is 19.6 Å². The molecule has 1 aliphatic heterocycles. The smallest absolute Gasteiger partial charge is 0.276 e. The number of nitrogens with zero attached hydrogens (tertiary/aromatic N) is 5. The van der Waals surface area contributed by atoms with E-state index in [0.717, 1.165) is 50.5 Å². The van der Waals surface area contributed by atoms with Crippen molar-refractivity contribution >= 4 is 17.7 Å². The minimum Gasteiger partial charge on any atom is -0.344 e. The minimum atomic E-state index is -0.582. The van der Waals surface area contributed by atoms with Crippen molar-refractivity contribution in [3.8, 4) is 5.69 Å². The third-order valence-electron chi connectivity index (χ3n) is 9.48. The molecular formula is C35H44F2N6O3. The van der Waals surface area contributed by atoms with E-state index in [4.69, 9.17) is 0 Å². The van der Waals surface area contributed by atoms with Crippen molar-refractivity contribution in [3.05, 3.63) is 77.6 Å². The Morgan fingerprint density at radius 2 is 1.63 bits per heavy atom. The van der Waals surface area contributed by atoms with Crippen molar-refractivity contribution in [2.24, 2.45) is 11.8 Å². The van der Waals surface area contributed by atoms with Crippen molar-refractivity contribution < 1.29 is 23.2 Å². The molecule has 1 saturated heterocycles. The van der Waals surface area contributed by atoms with Crippen LogP contribution in [0.4, 0.5) is 8.78 Å². The van der Waals surface area contributed by atoms with Gasteiger partial charge < -0.3 is 15.1 Å². The summed E-state index contributed by atoms with van der Waals surface area (Å²) in [6.07, 6.45) is 9.12. The lowest BCUT2D eigenvalue weighted by Crippen LogP contribution is -2.56. The molecule has 2 heterocycles. The number of hydrogen-bond acceptors (Lipinski definition) is 5. The molecule has 9 nitrogen and oxygen atoms in total. The van der Waals surface area contributed by atoms with Gasteiger partial charge in [-0.1, -0.05) is 45.2 Å². The summed E-state index contributed by atoms with van der Waals surface area (Å²) >= 11 is 0. The zero-order valence-corrected chi connectivity index (χ0v) is 26.7. The highest BCUT2D eigenvalue weighted by Gasteiger charge is 2.39. The molecule has 1 N–H and O–H groups in total. The summed E-state index contributed by atoms with van der Waals surface area (Å²) in [5.74, 6) is -1.32. The number of aromatic nitrogens is 3. The Morgan fingerprint density at radius 1 is 0.957 bits per heavy atom. The van der Waals surface area contributed by atoms with Gasteiger partial charge >= 0.3 is 0 Å². The molecule has 3 aromatic rings. The molecule has 3 atom stereocenters. The molecule has 246 valence electrons. The molecule has 1 aliphatic carbocycles. The second-order valence-electron chi connectivity index (χ2n) is 12.6. The number of halogens is 2. The lowest BCUT2D eigenvalue weighted by molar-refractivity contribution is -0.140. The van der Waals surface area contributed by atoms with Crippen molar-refractivity contribution in [2.45, 2.75) is 83.7 Å². The summed E-state index contributed by atoms with van der Waals surface area (Å²) in [7, 11) is 0. The fraction of sp³-hybridized carbons (Fsp3) is 0.514. The Morgan fingerprint density at radius 3 is 2.30 bits per heavy atom. The van der Waals surface area contributed by atoms with Gasteiger partial charge in [-0.15, -0.1) is 5.10 Å². The monoisotopic (exact) mass is 634 g/mol. The number of rotatable bonds is 12. The Balaban J connectivity index is 1.36. The first-order chi connectivity index (χ1) is 22.2. The molecule has 0 bridgehead atoms. The highest BCUT2D eigenvalue weighted by molar-refractivity contribution is 5.92. The summed E-state index contributed by atoms with van der Waals surface area (Å²) < 4.78 is 27.0. The normalized spacial score (nSPS) is 18.3. The average Bonchev–Trinajstić information content (AvgIpc) is 3.76. The Bertz CT molecular complexity index is 1470. The quantitative estimate of drug-likeness (QED) is 0.290. The number of hydrogen-bond donors (Lipinski definition) is 1. The first kappa shape index (κ1) is 33.2. The van der Waals surface area contributed by atoms with Gasteiger partial charge in [0, 0.05) is 31.6 Å². The molecule has 0 radical (unpaired) electrons. The summed E-state index contributed by atoms with van der Waals surface area (Å²) in [5.41, 5.74) is 1.51. The molecule has 1 saturated carbocycles. The van der Waals surface area contributed by atoms with E-state index >= 15 is 0 Å². The van der Waals surface area contributed by atoms with Crippen LogP contribution in [0, 0.1) is 23.5 Å². The minimum absolute atomic E-state index is 0.0701. The molecule has 11 heteroatoms. The van der Waals surface area contributed by atoms with Crippen LogP contribution in [0.2, 0.25) is 0 Å². The van der Waals surface area contributed by atoms with E-state index in [0.29, 0.717) is 31.6 Å². The van der Waals surface area contributed by atoms with Gasteiger partial charge in [-0.25, -0.2) is 8.78 Å². The molecule has 0 unspecified atom stereocenters. The van der Waals surface area contributed by atoms with Crippen molar-refractivity contribution in [1.29, 1.82) is 0 Å². The maximum atomic E-state index is 14.2. The van der Waals surface area contributed by atoms with Gasteiger partial charge in [0.05, 0.1) is 11.9 Å². The van der Waals surface area contributed by atoms with E-state index in [1.165, 1.54) is 47.4 Å². The van der Waals surface area contributed by atoms with Crippen molar-refractivity contribution in [3.63, 3.8) is 0 Å². The predicted molar refractivity (Wildman–Crippen MR) is 170 cm³/mol. The largest absolute Gasteiger partial charge is 0.344 e. The van der Waals surface area contributed by atoms with E-state index in [2.05, 4.69) is 15.5 Å². The molecule has 1 aromatic heterocycles. The van der Waals surface area contributed by atoms with Gasteiger partial charge in [0.2, 0.25) is 11.8 Å². The number of amides is 3. The summed E-state index contributed by atoms with van der Waals surface area (Å²) in [4.78, 5) is 46.0. The fourth-order valence-electron chi connectivity index (χ4n) is 6.49. The molecule has 2 aliphatic rings. The van der Waals surface area contributed by atoms with Gasteiger partial charge in [-0.05, 0) is 86.4 Å². The van der Waals surface area contributed by atoms with Crippen LogP contribution in [-0.4, -0.2) is 74.2 Å². The van der Waals surface area contributed by atoms with E-state index in [9.17, 15) is 23.2 Å². The molecule has 2 fully saturated rings. The number of nitrogens with one attached hydrogen (secondary N) is 1. The Hall–Kier alpha value is -4.15. The van der Waals surface area contributed by atoms with Crippen LogP contribution >= 0.6 is 0 Å². The second kappa shape index (κ2) is 15.4. The molecular weight excluding hydrogens is 590 g/mol. The van der Waals surface area contributed by atoms with E-state index < -0.39 is 6.04 Å². The summed E-state index contributed by atoms with van der Waals surface area (Å²) in [6.45, 7) is 5.02. The topological polar surface area (TPSA) is 100 Å². The van der Waals surface area contributed by atoms with Gasteiger partial charge in [0.15, 0.2) is 5.69 Å². The Kier molecular flexibility index (Phi) is 11.1. The standard InChI is InChI=1S/C35H44F2N6O3/c1-3-24(2)33(44)39-32(26-8-5-4-6-9-26)35(46)42-20-7-10-30(42)23-41(21-19-25-11-13-27(36)14-12-25)34(45)31-22-38-43(40-31)29-17-15-28(37)16-18-29/h11-18,22,24,26,30,32H,3-10,19-21,23H2,1-2H3,(H,39,44)/t24-,30+,32+/m1/s1. The number of carbonyl (C=O) groups is 3. The van der Waals surface area contributed by atoms with Gasteiger partial charge in [-0.3, -0.25) is 14.4 Å². The van der Waals surface area contributed by atoms with E-state index in [1.54, 1.807) is 17.0 Å². The third kappa shape index (κ3) is 8.16. The average molecular weight is 635 g/mol. The van der Waals surface area contributed by atoms with E-state index in [-0.39, 0.29) is 59.5 Å². The SMILES string of the molecule is CC[C@@H](C)C(=O)N[C@H](C(=O)N1CCC[C@H]1CN(CCc1ccc(F)cc1)C(=O)c1cnn(-c2ccc(F)cc2)n1)C1CCCCC1. The first-order valence-electron chi connectivity index (χ1n) is 16.6. The maximum Gasteiger partial charge on any atom is 0.276 e. The van der Waals surface area contributed by atoms with Crippen LogP contribution in [0.1, 0.15) is 81.3 Å². The number of likely N-dealkylation sites (tertiary alicyclic amines) is 1. The summed E-state index contributed by atoms with van der Waals surface area (Å²) in [6, 6.07) is 11.0. The third-order valence-corrected chi connectivity index (χ3v) is 9.48. The molecule has 3 amide bonds. The predicted octanol–water partition coefficient (Wildman–Crippen LogP) is 5.33. The van der Waals surface area contributed by atoms with E-state index in [1.807, 2.05) is 18.7 Å². The Labute approximate surface area is 269 Å². The first-order valence-corrected chi connectivity index (χ1v) is 16.6. The number of carbonyl (C=O) groups excluding carboxylic acids is 3. The van der Waals surface area contributed by atoms with Crippen LogP contribution in [-0.2, 0) is 16.0 Å². The lowest BCUT2D eigenvalue weighted by atomic mass is 9.83. The second-order valence-corrected chi connectivity index (χ2v) is 12.6. The van der Waals surface area contributed by atoms with Gasteiger partial charge in [0.1, 0.15) is 17.7 Å². The maximum absolute atomic E-state index is 14.2. The van der Waals surface area contributed by atoms with Gasteiger partial charge in [-0.2, -0.15) is 9.90 Å². The summed E-state index contributed by atoms with van der Waals surface area (Å²) in [5, 5.41) is 11.7. The van der Waals surface area contributed by atoms with Crippen LogP contribution in [0.5, 0.6) is 0 Å². The highest BCUT2D eigenvalue weighted by atomic mass is 19.1. The molecule has 5 rings (SSSR count). The lowest BCUT2D eigenvalue weighted by Gasteiger charge is -2.36. The van der Waals surface area contributed by atoms with Crippen LogP contribution in [0.3, 0.4) is 0 Å². The van der Waals surface area contributed by atoms with Gasteiger partial charge in [0.25, 0.3) is 5.91 Å². The van der Waals surface area contributed by atoms with Crippen molar-refractivity contribution in [1.82, 2.24) is 30.1 Å². The molecule has 2 aromatic carbocycles. The molecule has 46 heavy (non-hydrogen) atoms. The molecule has 0 spiro atoms. The zero-order chi connectivity index (χ0) is 32.6.